The molecule has 1 aromatic carbocycles. The number of rotatable bonds is 4. The van der Waals surface area contributed by atoms with Gasteiger partial charge in [0.05, 0.1) is 0 Å². The Bertz CT molecular complexity index is 592. The molecule has 6 nitrogen and oxygen atoms in total. The number of hydrogen-bond donors (Lipinski definition) is 2. The Labute approximate surface area is 99.0 Å². The highest BCUT2D eigenvalue weighted by atomic mass is 32.2. The van der Waals surface area contributed by atoms with Crippen molar-refractivity contribution in [3.63, 3.8) is 0 Å². The van der Waals surface area contributed by atoms with E-state index in [0.29, 0.717) is 6.54 Å². The number of H-pyrrole nitrogens is 1. The van der Waals surface area contributed by atoms with Crippen LogP contribution >= 0.6 is 0 Å². The van der Waals surface area contributed by atoms with E-state index < -0.39 is 9.84 Å². The highest BCUT2D eigenvalue weighted by Crippen LogP contribution is 2.06. The molecule has 1 aromatic heterocycles. The van der Waals surface area contributed by atoms with Crippen LogP contribution in [0.2, 0.25) is 0 Å². The zero-order valence-electron chi connectivity index (χ0n) is 9.21. The minimum atomic E-state index is -3.33. The van der Waals surface area contributed by atoms with Crippen molar-refractivity contribution in [2.24, 2.45) is 0 Å². The van der Waals surface area contributed by atoms with Crippen molar-refractivity contribution < 1.29 is 8.42 Å². The number of nitrogens with zero attached hydrogens (tertiary/aromatic N) is 2. The average molecular weight is 252 g/mol. The number of hydrogen-bond acceptors (Lipinski definition) is 5. The molecule has 0 bridgehead atoms. The van der Waals surface area contributed by atoms with Crippen LogP contribution in [0.4, 0.5) is 5.95 Å². The van der Waals surface area contributed by atoms with Gasteiger partial charge in [0.25, 0.3) is 0 Å². The van der Waals surface area contributed by atoms with Gasteiger partial charge in [0, 0.05) is 12.8 Å². The van der Waals surface area contributed by atoms with E-state index >= 15 is 0 Å². The maximum Gasteiger partial charge on any atom is 0.244 e. The second-order valence-electron chi connectivity index (χ2n) is 3.58. The van der Waals surface area contributed by atoms with Crippen molar-refractivity contribution in [3.05, 3.63) is 35.9 Å². The van der Waals surface area contributed by atoms with Crippen molar-refractivity contribution in [3.8, 4) is 0 Å². The Morgan fingerprint density at radius 3 is 2.59 bits per heavy atom. The molecule has 0 aliphatic carbocycles. The molecule has 2 N–H and O–H groups in total. The Hall–Kier alpha value is -1.89. The molecule has 0 saturated heterocycles. The van der Waals surface area contributed by atoms with E-state index in [1.54, 1.807) is 0 Å². The lowest BCUT2D eigenvalue weighted by atomic mass is 10.2. The average Bonchev–Trinajstić information content (AvgIpc) is 2.76. The van der Waals surface area contributed by atoms with Gasteiger partial charge in [0.2, 0.25) is 20.9 Å². The summed E-state index contributed by atoms with van der Waals surface area (Å²) in [7, 11) is -3.33. The third-order valence-electron chi connectivity index (χ3n) is 2.11. The summed E-state index contributed by atoms with van der Waals surface area (Å²) >= 11 is 0. The summed E-state index contributed by atoms with van der Waals surface area (Å²) in [5.41, 5.74) is 1.07. The molecule has 1 heterocycles. The molecule has 2 aromatic rings. The number of anilines is 1. The fourth-order valence-corrected chi connectivity index (χ4v) is 1.73. The first-order valence-corrected chi connectivity index (χ1v) is 6.85. The van der Waals surface area contributed by atoms with Crippen LogP contribution in [0, 0.1) is 0 Å². The summed E-state index contributed by atoms with van der Waals surface area (Å²) in [5.74, 6) is 0.272. The number of sulfone groups is 1. The molecule has 17 heavy (non-hydrogen) atoms. The normalized spacial score (nSPS) is 11.4. The van der Waals surface area contributed by atoms with E-state index in [0.717, 1.165) is 11.8 Å². The van der Waals surface area contributed by atoms with Crippen LogP contribution < -0.4 is 5.32 Å². The molecule has 0 aliphatic heterocycles. The van der Waals surface area contributed by atoms with Gasteiger partial charge in [-0.2, -0.15) is 4.98 Å². The van der Waals surface area contributed by atoms with Crippen molar-refractivity contribution in [1.82, 2.24) is 15.2 Å². The van der Waals surface area contributed by atoms with Crippen LogP contribution in [0.3, 0.4) is 0 Å². The van der Waals surface area contributed by atoms with E-state index in [1.807, 2.05) is 30.3 Å². The van der Waals surface area contributed by atoms with E-state index in [2.05, 4.69) is 20.5 Å². The first kappa shape index (κ1) is 11.6. The standard InChI is InChI=1S/C10H12N4O2S/c1-17(15,16)10-12-9(13-14-10)11-7-8-5-3-2-4-6-8/h2-6H,7H2,1H3,(H2,11,12,13,14). The van der Waals surface area contributed by atoms with Gasteiger partial charge in [-0.1, -0.05) is 30.3 Å². The third-order valence-corrected chi connectivity index (χ3v) is 2.99. The van der Waals surface area contributed by atoms with Gasteiger partial charge in [0.15, 0.2) is 0 Å². The summed E-state index contributed by atoms with van der Waals surface area (Å²) in [6, 6.07) is 9.69. The molecule has 2 rings (SSSR count). The molecule has 0 amide bonds. The zero-order chi connectivity index (χ0) is 12.3. The first-order valence-electron chi connectivity index (χ1n) is 4.96. The number of nitrogens with one attached hydrogen (secondary N) is 2. The van der Waals surface area contributed by atoms with Crippen molar-refractivity contribution in [1.29, 1.82) is 0 Å². The van der Waals surface area contributed by atoms with Gasteiger partial charge in [0.1, 0.15) is 0 Å². The summed E-state index contributed by atoms with van der Waals surface area (Å²) in [5, 5.41) is 8.95. The molecular weight excluding hydrogens is 240 g/mol. The van der Waals surface area contributed by atoms with E-state index in [9.17, 15) is 8.42 Å². The predicted octanol–water partition coefficient (Wildman–Crippen LogP) is 0.820. The van der Waals surface area contributed by atoms with Crippen LogP contribution in [-0.2, 0) is 16.4 Å². The van der Waals surface area contributed by atoms with Gasteiger partial charge in [-0.3, -0.25) is 0 Å². The molecule has 7 heteroatoms. The Morgan fingerprint density at radius 1 is 1.29 bits per heavy atom. The molecular formula is C10H12N4O2S. The van der Waals surface area contributed by atoms with Crippen molar-refractivity contribution >= 4 is 15.8 Å². The Balaban J connectivity index is 2.04. The van der Waals surface area contributed by atoms with Crippen LogP contribution in [0.25, 0.3) is 0 Å². The van der Waals surface area contributed by atoms with Gasteiger partial charge in [-0.15, -0.1) is 5.10 Å². The first-order chi connectivity index (χ1) is 8.05. The van der Waals surface area contributed by atoms with Gasteiger partial charge >= 0.3 is 0 Å². The van der Waals surface area contributed by atoms with E-state index in [-0.39, 0.29) is 11.1 Å². The zero-order valence-corrected chi connectivity index (χ0v) is 10.0. The van der Waals surface area contributed by atoms with Crippen molar-refractivity contribution in [2.45, 2.75) is 11.7 Å². The largest absolute Gasteiger partial charge is 0.349 e. The van der Waals surface area contributed by atoms with Gasteiger partial charge in [-0.05, 0) is 5.56 Å². The van der Waals surface area contributed by atoms with Gasteiger partial charge in [-0.25, -0.2) is 13.5 Å². The van der Waals surface area contributed by atoms with E-state index in [1.165, 1.54) is 0 Å². The molecule has 0 atom stereocenters. The van der Waals surface area contributed by atoms with Crippen LogP contribution in [-0.4, -0.2) is 29.9 Å². The minimum Gasteiger partial charge on any atom is -0.349 e. The summed E-state index contributed by atoms with van der Waals surface area (Å²) in [6.07, 6.45) is 1.08. The molecule has 0 saturated carbocycles. The van der Waals surface area contributed by atoms with Crippen LogP contribution in [0.5, 0.6) is 0 Å². The topological polar surface area (TPSA) is 87.7 Å². The SMILES string of the molecule is CS(=O)(=O)c1nc(NCc2ccccc2)n[nH]1. The molecule has 90 valence electrons. The third kappa shape index (κ3) is 3.04. The molecule has 0 aliphatic rings. The van der Waals surface area contributed by atoms with E-state index in [4.69, 9.17) is 0 Å². The number of benzene rings is 1. The second-order valence-corrected chi connectivity index (χ2v) is 5.51. The Morgan fingerprint density at radius 2 is 2.00 bits per heavy atom. The summed E-state index contributed by atoms with van der Waals surface area (Å²) in [4.78, 5) is 3.83. The highest BCUT2D eigenvalue weighted by Gasteiger charge is 2.12. The lowest BCUT2D eigenvalue weighted by Gasteiger charge is -2.00. The second kappa shape index (κ2) is 4.54. The fourth-order valence-electron chi connectivity index (χ4n) is 1.27. The molecule has 0 spiro atoms. The van der Waals surface area contributed by atoms with Gasteiger partial charge < -0.3 is 5.32 Å². The quantitative estimate of drug-likeness (QED) is 0.841. The van der Waals surface area contributed by atoms with Crippen LogP contribution in [0.1, 0.15) is 5.56 Å². The number of aromatic nitrogens is 3. The van der Waals surface area contributed by atoms with Crippen molar-refractivity contribution in [2.75, 3.05) is 11.6 Å². The maximum absolute atomic E-state index is 11.2. The lowest BCUT2D eigenvalue weighted by molar-refractivity contribution is 0.594. The summed E-state index contributed by atoms with van der Waals surface area (Å²) < 4.78 is 22.3. The summed E-state index contributed by atoms with van der Waals surface area (Å²) in [6.45, 7) is 0.544. The van der Waals surface area contributed by atoms with Crippen LogP contribution in [0.15, 0.2) is 35.5 Å². The predicted molar refractivity (Wildman–Crippen MR) is 63.3 cm³/mol. The Kier molecular flexibility index (Phi) is 3.10. The fraction of sp³-hybridized carbons (Fsp3) is 0.200. The number of aromatic amines is 1. The monoisotopic (exact) mass is 252 g/mol. The maximum atomic E-state index is 11.2. The molecule has 0 fully saturated rings. The smallest absolute Gasteiger partial charge is 0.244 e. The molecule has 0 radical (unpaired) electrons. The highest BCUT2D eigenvalue weighted by molar-refractivity contribution is 7.90. The minimum absolute atomic E-state index is 0.131. The lowest BCUT2D eigenvalue weighted by Crippen LogP contribution is -2.02. The molecule has 0 unspecified atom stereocenters.